The van der Waals surface area contributed by atoms with E-state index in [0.717, 1.165) is 39.7 Å². The van der Waals surface area contributed by atoms with Gasteiger partial charge in [0, 0.05) is 29.7 Å². The Morgan fingerprint density at radius 2 is 1.91 bits per heavy atom. The lowest BCUT2D eigenvalue weighted by molar-refractivity contribution is -0.117. The molecular weight excluding hydrogens is 406 g/mol. The van der Waals surface area contributed by atoms with Crippen molar-refractivity contribution in [3.05, 3.63) is 76.6 Å². The lowest BCUT2D eigenvalue weighted by atomic mass is 10.1. The van der Waals surface area contributed by atoms with Crippen LogP contribution in [0, 0.1) is 25.2 Å². The number of nitrogens with one attached hydrogen (secondary N) is 1. The molecule has 1 N–H and O–H groups in total. The van der Waals surface area contributed by atoms with Crippen LogP contribution in [0.1, 0.15) is 22.5 Å². The van der Waals surface area contributed by atoms with Gasteiger partial charge in [-0.3, -0.25) is 4.79 Å². The maximum atomic E-state index is 12.6. The molecule has 7 nitrogen and oxygen atoms in total. The molecule has 7 heteroatoms. The molecule has 0 spiro atoms. The molecule has 1 aliphatic rings. The van der Waals surface area contributed by atoms with Gasteiger partial charge in [-0.25, -0.2) is 0 Å². The van der Waals surface area contributed by atoms with Crippen molar-refractivity contribution in [2.75, 3.05) is 13.9 Å². The molecule has 2 heterocycles. The minimum atomic E-state index is -0.420. The molecule has 1 aliphatic heterocycles. The van der Waals surface area contributed by atoms with Gasteiger partial charge in [-0.15, -0.1) is 0 Å². The van der Waals surface area contributed by atoms with Crippen LogP contribution in [0.5, 0.6) is 17.2 Å². The van der Waals surface area contributed by atoms with E-state index in [9.17, 15) is 10.1 Å². The number of ether oxygens (including phenoxy) is 3. The third-order valence-electron chi connectivity index (χ3n) is 5.36. The molecular formula is C25H23N3O4. The zero-order valence-corrected chi connectivity index (χ0v) is 18.1. The van der Waals surface area contributed by atoms with Gasteiger partial charge in [0.15, 0.2) is 11.5 Å². The summed E-state index contributed by atoms with van der Waals surface area (Å²) in [5, 5.41) is 12.4. The minimum absolute atomic E-state index is 0.0458. The summed E-state index contributed by atoms with van der Waals surface area (Å²) >= 11 is 0. The third kappa shape index (κ3) is 4.16. The number of aryl methyl sites for hydroxylation is 1. The molecule has 2 aromatic carbocycles. The summed E-state index contributed by atoms with van der Waals surface area (Å²) in [7, 11) is 1.60. The van der Waals surface area contributed by atoms with E-state index in [4.69, 9.17) is 14.2 Å². The first-order chi connectivity index (χ1) is 15.5. The van der Waals surface area contributed by atoms with E-state index >= 15 is 0 Å². The number of rotatable bonds is 6. The Morgan fingerprint density at radius 1 is 1.16 bits per heavy atom. The first-order valence-corrected chi connectivity index (χ1v) is 10.1. The van der Waals surface area contributed by atoms with Crippen LogP contribution in [0.3, 0.4) is 0 Å². The molecule has 0 radical (unpaired) electrons. The van der Waals surface area contributed by atoms with Crippen molar-refractivity contribution in [2.24, 2.45) is 0 Å². The summed E-state index contributed by atoms with van der Waals surface area (Å²) in [6, 6.07) is 17.1. The number of amides is 1. The first-order valence-electron chi connectivity index (χ1n) is 10.1. The zero-order valence-electron chi connectivity index (χ0n) is 18.1. The molecule has 1 aromatic heterocycles. The van der Waals surface area contributed by atoms with E-state index in [1.165, 1.54) is 0 Å². The van der Waals surface area contributed by atoms with Crippen molar-refractivity contribution in [2.45, 2.75) is 20.4 Å². The summed E-state index contributed by atoms with van der Waals surface area (Å²) in [4.78, 5) is 12.6. The van der Waals surface area contributed by atoms with Gasteiger partial charge >= 0.3 is 0 Å². The average molecular weight is 429 g/mol. The van der Waals surface area contributed by atoms with Crippen LogP contribution in [0.4, 0.5) is 0 Å². The van der Waals surface area contributed by atoms with Crippen LogP contribution in [0.25, 0.3) is 11.8 Å². The molecule has 0 bridgehead atoms. The number of carbonyl (C=O) groups is 1. The van der Waals surface area contributed by atoms with Crippen LogP contribution in [-0.2, 0) is 11.3 Å². The minimum Gasteiger partial charge on any atom is -0.497 e. The predicted molar refractivity (Wildman–Crippen MR) is 120 cm³/mol. The zero-order chi connectivity index (χ0) is 22.7. The molecule has 0 atom stereocenters. The van der Waals surface area contributed by atoms with Crippen LogP contribution >= 0.6 is 0 Å². The van der Waals surface area contributed by atoms with Crippen LogP contribution < -0.4 is 19.5 Å². The normalized spacial score (nSPS) is 12.4. The van der Waals surface area contributed by atoms with Gasteiger partial charge in [-0.05, 0) is 61.4 Å². The second-order valence-corrected chi connectivity index (χ2v) is 7.40. The van der Waals surface area contributed by atoms with Crippen LogP contribution in [0.15, 0.2) is 54.1 Å². The second kappa shape index (κ2) is 8.90. The van der Waals surface area contributed by atoms with Crippen molar-refractivity contribution < 1.29 is 19.0 Å². The number of nitrogens with zero attached hydrogens (tertiary/aromatic N) is 2. The SMILES string of the molecule is COc1ccc(CNC(=O)/C(C#N)=C\c2cc(C)n(-c3ccc4c(c3)OCO4)c2C)cc1. The van der Waals surface area contributed by atoms with Gasteiger partial charge < -0.3 is 24.1 Å². The Morgan fingerprint density at radius 3 is 2.62 bits per heavy atom. The summed E-state index contributed by atoms with van der Waals surface area (Å²) in [6.45, 7) is 4.46. The number of carbonyl (C=O) groups excluding carboxylic acids is 1. The van der Waals surface area contributed by atoms with Crippen LogP contribution in [0.2, 0.25) is 0 Å². The topological polar surface area (TPSA) is 85.5 Å². The fourth-order valence-corrected chi connectivity index (χ4v) is 3.68. The lowest BCUT2D eigenvalue weighted by Gasteiger charge is -2.10. The lowest BCUT2D eigenvalue weighted by Crippen LogP contribution is -2.23. The second-order valence-electron chi connectivity index (χ2n) is 7.40. The molecule has 0 fully saturated rings. The fourth-order valence-electron chi connectivity index (χ4n) is 3.68. The van der Waals surface area contributed by atoms with Crippen LogP contribution in [-0.4, -0.2) is 24.4 Å². The number of methoxy groups -OCH3 is 1. The van der Waals surface area contributed by atoms with Crippen molar-refractivity contribution in [3.8, 4) is 29.0 Å². The first kappa shape index (κ1) is 21.1. The van der Waals surface area contributed by atoms with Gasteiger partial charge in [-0.2, -0.15) is 5.26 Å². The quantitative estimate of drug-likeness (QED) is 0.472. The smallest absolute Gasteiger partial charge is 0.262 e. The fraction of sp³-hybridized carbons (Fsp3) is 0.200. The van der Waals surface area contributed by atoms with E-state index in [2.05, 4.69) is 9.88 Å². The molecule has 32 heavy (non-hydrogen) atoms. The van der Waals surface area contributed by atoms with E-state index < -0.39 is 5.91 Å². The number of hydrogen-bond acceptors (Lipinski definition) is 5. The molecule has 3 aromatic rings. The summed E-state index contributed by atoms with van der Waals surface area (Å²) < 4.78 is 18.1. The van der Waals surface area contributed by atoms with Crippen molar-refractivity contribution >= 4 is 12.0 Å². The Bertz CT molecular complexity index is 1230. The van der Waals surface area contributed by atoms with E-state index in [1.807, 2.05) is 68.4 Å². The molecule has 4 rings (SSSR count). The standard InChI is InChI=1S/C25H23N3O4/c1-16-10-19(17(2)28(16)21-6-9-23-24(12-21)32-15-31-23)11-20(13-26)25(29)27-14-18-4-7-22(30-3)8-5-18/h4-12H,14-15H2,1-3H3,(H,27,29)/b20-11-. The summed E-state index contributed by atoms with van der Waals surface area (Å²) in [5.74, 6) is 1.74. The Balaban J connectivity index is 1.54. The number of fused-ring (bicyclic) bond motifs is 1. The van der Waals surface area contributed by atoms with Crippen molar-refractivity contribution in [3.63, 3.8) is 0 Å². The number of benzene rings is 2. The van der Waals surface area contributed by atoms with Gasteiger partial charge in [0.05, 0.1) is 7.11 Å². The maximum Gasteiger partial charge on any atom is 0.262 e. The predicted octanol–water partition coefficient (Wildman–Crippen LogP) is 4.05. The van der Waals surface area contributed by atoms with Gasteiger partial charge in [-0.1, -0.05) is 12.1 Å². The highest BCUT2D eigenvalue weighted by atomic mass is 16.7. The molecule has 0 saturated carbocycles. The largest absolute Gasteiger partial charge is 0.497 e. The Hall–Kier alpha value is -4.18. The molecule has 0 unspecified atom stereocenters. The Labute approximate surface area is 186 Å². The summed E-state index contributed by atoms with van der Waals surface area (Å²) in [5.41, 5.74) is 4.57. The Kier molecular flexibility index (Phi) is 5.86. The third-order valence-corrected chi connectivity index (χ3v) is 5.36. The average Bonchev–Trinajstić information content (AvgIpc) is 3.39. The van der Waals surface area contributed by atoms with Gasteiger partial charge in [0.1, 0.15) is 17.4 Å². The molecule has 1 amide bonds. The number of nitriles is 1. The van der Waals surface area contributed by atoms with Gasteiger partial charge in [0.2, 0.25) is 6.79 Å². The maximum absolute atomic E-state index is 12.6. The molecule has 0 saturated heterocycles. The van der Waals surface area contributed by atoms with Crippen molar-refractivity contribution in [1.82, 2.24) is 9.88 Å². The molecule has 162 valence electrons. The highest BCUT2D eigenvalue weighted by molar-refractivity contribution is 6.01. The highest BCUT2D eigenvalue weighted by Gasteiger charge is 2.17. The van der Waals surface area contributed by atoms with Gasteiger partial charge in [0.25, 0.3) is 5.91 Å². The van der Waals surface area contributed by atoms with E-state index in [0.29, 0.717) is 12.3 Å². The van der Waals surface area contributed by atoms with E-state index in [-0.39, 0.29) is 12.4 Å². The highest BCUT2D eigenvalue weighted by Crippen LogP contribution is 2.35. The number of hydrogen-bond donors (Lipinski definition) is 1. The van der Waals surface area contributed by atoms with E-state index in [1.54, 1.807) is 13.2 Å². The molecule has 0 aliphatic carbocycles. The number of aromatic nitrogens is 1. The monoisotopic (exact) mass is 429 g/mol. The summed E-state index contributed by atoms with van der Waals surface area (Å²) in [6.07, 6.45) is 1.62. The van der Waals surface area contributed by atoms with Crippen molar-refractivity contribution in [1.29, 1.82) is 5.26 Å².